The third-order valence-electron chi connectivity index (χ3n) is 2.85. The highest BCUT2D eigenvalue weighted by atomic mass is 79.9. The first-order valence-electron chi connectivity index (χ1n) is 6.11. The molecule has 100 valence electrons. The predicted molar refractivity (Wildman–Crippen MR) is 80.8 cm³/mol. The van der Waals surface area contributed by atoms with Crippen molar-refractivity contribution < 1.29 is 4.74 Å². The number of nitrogens with one attached hydrogen (secondary N) is 1. The van der Waals surface area contributed by atoms with Crippen molar-refractivity contribution in [3.8, 4) is 22.8 Å². The van der Waals surface area contributed by atoms with Crippen LogP contribution in [0.3, 0.4) is 0 Å². The molecule has 2 aromatic heterocycles. The van der Waals surface area contributed by atoms with Crippen molar-refractivity contribution in [3.05, 3.63) is 59.0 Å². The van der Waals surface area contributed by atoms with Gasteiger partial charge in [-0.3, -0.25) is 10.1 Å². The van der Waals surface area contributed by atoms with E-state index in [1.807, 2.05) is 18.2 Å². The number of nitrogens with zero attached hydrogens (tertiary/aromatic N) is 2. The van der Waals surface area contributed by atoms with Gasteiger partial charge >= 0.3 is 0 Å². The molecule has 1 aromatic carbocycles. The van der Waals surface area contributed by atoms with Gasteiger partial charge in [-0.05, 0) is 28.9 Å². The minimum Gasteiger partial charge on any atom is -0.452 e. The maximum atomic E-state index is 5.83. The molecule has 5 heteroatoms. The van der Waals surface area contributed by atoms with Gasteiger partial charge in [0.1, 0.15) is 11.4 Å². The lowest BCUT2D eigenvalue weighted by molar-refractivity contribution is 0.482. The average molecular weight is 330 g/mol. The zero-order valence-corrected chi connectivity index (χ0v) is 12.4. The minimum absolute atomic E-state index is 0.661. The highest BCUT2D eigenvalue weighted by molar-refractivity contribution is 9.10. The number of pyridine rings is 1. The van der Waals surface area contributed by atoms with Gasteiger partial charge in [-0.2, -0.15) is 5.10 Å². The van der Waals surface area contributed by atoms with E-state index in [1.165, 1.54) is 5.56 Å². The number of aromatic nitrogens is 3. The molecule has 1 N–H and O–H groups in total. The molecule has 0 amide bonds. The number of hydrogen-bond acceptors (Lipinski definition) is 3. The lowest BCUT2D eigenvalue weighted by atomic mass is 10.1. The summed E-state index contributed by atoms with van der Waals surface area (Å²) in [6, 6.07) is 10.0. The number of H-pyrrole nitrogens is 1. The van der Waals surface area contributed by atoms with E-state index in [-0.39, 0.29) is 0 Å². The van der Waals surface area contributed by atoms with Crippen molar-refractivity contribution in [1.29, 1.82) is 0 Å². The summed E-state index contributed by atoms with van der Waals surface area (Å²) in [6.07, 6.45) is 5.04. The Hall–Kier alpha value is -2.14. The summed E-state index contributed by atoms with van der Waals surface area (Å²) in [4.78, 5) is 4.08. The second-order valence-corrected chi connectivity index (χ2v) is 5.33. The summed E-state index contributed by atoms with van der Waals surface area (Å²) in [5, 5.41) is 7.03. The molecule has 4 nitrogen and oxygen atoms in total. The quantitative estimate of drug-likeness (QED) is 0.777. The molecule has 0 fully saturated rings. The van der Waals surface area contributed by atoms with E-state index in [0.29, 0.717) is 11.5 Å². The summed E-state index contributed by atoms with van der Waals surface area (Å²) in [6.45, 7) is 2.06. The third kappa shape index (κ3) is 2.72. The zero-order valence-electron chi connectivity index (χ0n) is 10.8. The fourth-order valence-electron chi connectivity index (χ4n) is 1.85. The van der Waals surface area contributed by atoms with Crippen molar-refractivity contribution >= 4 is 15.9 Å². The average Bonchev–Trinajstić information content (AvgIpc) is 2.88. The standard InChI is InChI=1S/C15H12BrN3O/c1-10-2-4-11(5-3-10)15-14(9-18-19-15)20-13-6-12(16)7-17-8-13/h2-9H,1H3,(H,18,19). The Morgan fingerprint density at radius 1 is 1.10 bits per heavy atom. The first-order valence-corrected chi connectivity index (χ1v) is 6.90. The zero-order chi connectivity index (χ0) is 13.9. The first-order chi connectivity index (χ1) is 9.72. The smallest absolute Gasteiger partial charge is 0.173 e. The topological polar surface area (TPSA) is 50.8 Å². The van der Waals surface area contributed by atoms with Crippen LogP contribution in [0.2, 0.25) is 0 Å². The summed E-state index contributed by atoms with van der Waals surface area (Å²) in [7, 11) is 0. The number of halogens is 1. The molecule has 0 saturated carbocycles. The van der Waals surface area contributed by atoms with Gasteiger partial charge in [-0.25, -0.2) is 0 Å². The van der Waals surface area contributed by atoms with E-state index in [4.69, 9.17) is 4.74 Å². The predicted octanol–water partition coefficient (Wildman–Crippen LogP) is 4.33. The monoisotopic (exact) mass is 329 g/mol. The molecule has 0 saturated heterocycles. The lowest BCUT2D eigenvalue weighted by Crippen LogP contribution is -1.87. The molecule has 0 aliphatic carbocycles. The van der Waals surface area contributed by atoms with Crippen molar-refractivity contribution in [2.45, 2.75) is 6.92 Å². The number of rotatable bonds is 3. The Morgan fingerprint density at radius 2 is 1.90 bits per heavy atom. The van der Waals surface area contributed by atoms with Gasteiger partial charge in [0.05, 0.1) is 12.4 Å². The molecule has 0 atom stereocenters. The van der Waals surface area contributed by atoms with Gasteiger partial charge in [0.25, 0.3) is 0 Å². The fourth-order valence-corrected chi connectivity index (χ4v) is 2.20. The lowest BCUT2D eigenvalue weighted by Gasteiger charge is -2.06. The Balaban J connectivity index is 1.92. The van der Waals surface area contributed by atoms with Gasteiger partial charge in [0.15, 0.2) is 5.75 Å². The summed E-state index contributed by atoms with van der Waals surface area (Å²) < 4.78 is 6.70. The van der Waals surface area contributed by atoms with Gasteiger partial charge < -0.3 is 4.74 Å². The maximum Gasteiger partial charge on any atom is 0.173 e. The molecular weight excluding hydrogens is 318 g/mol. The molecule has 0 radical (unpaired) electrons. The molecule has 0 bridgehead atoms. The molecule has 2 heterocycles. The van der Waals surface area contributed by atoms with Gasteiger partial charge in [0.2, 0.25) is 0 Å². The number of benzene rings is 1. The Kier molecular flexibility index (Phi) is 3.52. The molecule has 0 aliphatic rings. The second kappa shape index (κ2) is 5.46. The molecule has 0 spiro atoms. The van der Waals surface area contributed by atoms with Crippen molar-refractivity contribution in [2.24, 2.45) is 0 Å². The molecule has 20 heavy (non-hydrogen) atoms. The Morgan fingerprint density at radius 3 is 2.65 bits per heavy atom. The highest BCUT2D eigenvalue weighted by Gasteiger charge is 2.10. The van der Waals surface area contributed by atoms with Crippen LogP contribution in [-0.4, -0.2) is 15.2 Å². The van der Waals surface area contributed by atoms with Crippen LogP contribution < -0.4 is 4.74 Å². The van der Waals surface area contributed by atoms with E-state index in [1.54, 1.807) is 18.6 Å². The fraction of sp³-hybridized carbons (Fsp3) is 0.0667. The van der Waals surface area contributed by atoms with Crippen LogP contribution in [-0.2, 0) is 0 Å². The number of ether oxygens (including phenoxy) is 1. The van der Waals surface area contributed by atoms with Crippen LogP contribution in [0.15, 0.2) is 53.4 Å². The summed E-state index contributed by atoms with van der Waals surface area (Å²) >= 11 is 3.37. The van der Waals surface area contributed by atoms with Crippen LogP contribution in [0, 0.1) is 6.92 Å². The van der Waals surface area contributed by atoms with Crippen molar-refractivity contribution in [3.63, 3.8) is 0 Å². The van der Waals surface area contributed by atoms with Crippen LogP contribution >= 0.6 is 15.9 Å². The van der Waals surface area contributed by atoms with Crippen LogP contribution in [0.5, 0.6) is 11.5 Å². The Bertz CT molecular complexity index is 722. The van der Waals surface area contributed by atoms with Gasteiger partial charge in [-0.15, -0.1) is 0 Å². The maximum absolute atomic E-state index is 5.83. The highest BCUT2D eigenvalue weighted by Crippen LogP contribution is 2.31. The van der Waals surface area contributed by atoms with Crippen LogP contribution in [0.25, 0.3) is 11.3 Å². The third-order valence-corrected chi connectivity index (χ3v) is 3.29. The molecule has 0 aliphatic heterocycles. The number of aromatic amines is 1. The van der Waals surface area contributed by atoms with E-state index in [9.17, 15) is 0 Å². The van der Waals surface area contributed by atoms with Crippen molar-refractivity contribution in [2.75, 3.05) is 0 Å². The van der Waals surface area contributed by atoms with E-state index in [2.05, 4.69) is 50.2 Å². The van der Waals surface area contributed by atoms with Crippen molar-refractivity contribution in [1.82, 2.24) is 15.2 Å². The second-order valence-electron chi connectivity index (χ2n) is 4.42. The van der Waals surface area contributed by atoms with Gasteiger partial charge in [-0.1, -0.05) is 29.8 Å². The molecule has 3 aromatic rings. The number of aryl methyl sites for hydroxylation is 1. The van der Waals surface area contributed by atoms with Crippen LogP contribution in [0.4, 0.5) is 0 Å². The van der Waals surface area contributed by atoms with E-state index < -0.39 is 0 Å². The molecule has 3 rings (SSSR count). The summed E-state index contributed by atoms with van der Waals surface area (Å²) in [5.41, 5.74) is 3.10. The minimum atomic E-state index is 0.661. The molecule has 0 unspecified atom stereocenters. The Labute approximate surface area is 125 Å². The normalized spacial score (nSPS) is 10.5. The van der Waals surface area contributed by atoms with Gasteiger partial charge in [0, 0.05) is 16.2 Å². The van der Waals surface area contributed by atoms with E-state index in [0.717, 1.165) is 15.7 Å². The first kappa shape index (κ1) is 12.9. The molecular formula is C15H12BrN3O. The van der Waals surface area contributed by atoms with E-state index >= 15 is 0 Å². The summed E-state index contributed by atoms with van der Waals surface area (Å²) in [5.74, 6) is 1.34. The number of hydrogen-bond donors (Lipinski definition) is 1. The van der Waals surface area contributed by atoms with Crippen LogP contribution in [0.1, 0.15) is 5.56 Å². The largest absolute Gasteiger partial charge is 0.452 e. The SMILES string of the molecule is Cc1ccc(-c2[nH]ncc2Oc2cncc(Br)c2)cc1.